The van der Waals surface area contributed by atoms with Gasteiger partial charge in [-0.2, -0.15) is 0 Å². The van der Waals surface area contributed by atoms with E-state index in [1.807, 2.05) is 0 Å². The second kappa shape index (κ2) is 24.3. The van der Waals surface area contributed by atoms with Crippen LogP contribution in [0.1, 0.15) is 63.8 Å². The Kier molecular flexibility index (Phi) is 25.6. The number of nitrogens with one attached hydrogen (secondary N) is 2. The number of carbonyl (C=O) groups is 2. The summed E-state index contributed by atoms with van der Waals surface area (Å²) in [7, 11) is 4.45. The molecule has 0 aromatic heterocycles. The standard InChI is InChI=1S/2C16H25N3O3.Ag.2ClH.HI/c2*1-6-19(7-2,8-3)11-15(20)17-16-12(4)9-14(18(21)22)10-13(16)5;;;;/h2*9-10H,6-8,11H2,1-5H3;;3*1H/q;;+1;;;/p+1. The van der Waals surface area contributed by atoms with Crippen molar-refractivity contribution in [1.29, 1.82) is 0 Å². The molecule has 0 atom stereocenters. The van der Waals surface area contributed by atoms with Crippen molar-refractivity contribution >= 4 is 80.1 Å². The monoisotopic (exact) mass is 922 g/mol. The van der Waals surface area contributed by atoms with Crippen LogP contribution in [0.4, 0.5) is 22.7 Å². The van der Waals surface area contributed by atoms with E-state index >= 15 is 0 Å². The molecule has 0 radical (unpaired) electrons. The summed E-state index contributed by atoms with van der Waals surface area (Å²) < 4.78 is 1.47. The van der Waals surface area contributed by atoms with E-state index in [1.165, 1.54) is 24.3 Å². The van der Waals surface area contributed by atoms with Crippen molar-refractivity contribution in [2.45, 2.75) is 69.2 Å². The van der Waals surface area contributed by atoms with Crippen molar-refractivity contribution < 1.29 is 48.4 Å². The molecule has 2 aromatic carbocycles. The molecule has 0 aliphatic heterocycles. The number of hydrogen-bond donors (Lipinski definition) is 2. The summed E-state index contributed by atoms with van der Waals surface area (Å²) in [5.74, 6) is -0.101. The molecule has 0 saturated carbocycles. The zero-order valence-electron chi connectivity index (χ0n) is 29.7. The van der Waals surface area contributed by atoms with Gasteiger partial charge in [-0.15, -0.1) is 36.4 Å². The fourth-order valence-corrected chi connectivity index (χ4v) is 5.47. The molecule has 2 amide bonds. The number of hydrogen-bond acceptors (Lipinski definition) is 6. The number of benzene rings is 2. The first-order valence-electron chi connectivity index (χ1n) is 15.5. The van der Waals surface area contributed by atoms with Gasteiger partial charge in [0.25, 0.3) is 23.2 Å². The van der Waals surface area contributed by atoms with Crippen LogP contribution in [0.5, 0.6) is 0 Å². The van der Waals surface area contributed by atoms with Gasteiger partial charge in [0.05, 0.1) is 49.1 Å². The SMILES string of the molecule is CC[N+](CC)(CC)CC(=O)Nc1c(C)cc([N+](=O)[O-])cc1C.CC[N+](CC)(CC)CC(=O)Nc1c(C)cc([N+](=O)[O-])cc1C.Cl.I.[Cl][Ag]. The van der Waals surface area contributed by atoms with Gasteiger partial charge in [0.2, 0.25) is 0 Å². The van der Waals surface area contributed by atoms with Crippen molar-refractivity contribution in [3.8, 4) is 0 Å². The van der Waals surface area contributed by atoms with Gasteiger partial charge in [-0.1, -0.05) is 0 Å². The number of anilines is 2. The van der Waals surface area contributed by atoms with Gasteiger partial charge in [-0.25, -0.2) is 0 Å². The van der Waals surface area contributed by atoms with Crippen LogP contribution in [0.2, 0.25) is 0 Å². The summed E-state index contributed by atoms with van der Waals surface area (Å²) >= 11 is 2.42. The summed E-state index contributed by atoms with van der Waals surface area (Å²) in [6.45, 7) is 25.9. The van der Waals surface area contributed by atoms with Crippen molar-refractivity contribution in [1.82, 2.24) is 0 Å². The fourth-order valence-electron chi connectivity index (χ4n) is 5.47. The summed E-state index contributed by atoms with van der Waals surface area (Å²) in [5.41, 5.74) is 4.30. The average molecular weight is 924 g/mol. The molecule has 2 aromatic rings. The van der Waals surface area contributed by atoms with Crippen LogP contribution in [0.25, 0.3) is 0 Å². The molecule has 0 unspecified atom stereocenters. The average Bonchev–Trinajstić information content (AvgIpc) is 3.03. The molecule has 2 rings (SSSR count). The Morgan fingerprint density at radius 1 is 0.625 bits per heavy atom. The predicted octanol–water partition coefficient (Wildman–Crippen LogP) is 7.78. The predicted molar refractivity (Wildman–Crippen MR) is 204 cm³/mol. The maximum absolute atomic E-state index is 12.4. The van der Waals surface area contributed by atoms with Crippen molar-refractivity contribution in [2.75, 3.05) is 63.0 Å². The Labute approximate surface area is 325 Å². The Hall–Kier alpha value is -1.85. The molecule has 2 N–H and O–H groups in total. The van der Waals surface area contributed by atoms with E-state index < -0.39 is 9.85 Å². The summed E-state index contributed by atoms with van der Waals surface area (Å²) in [6.07, 6.45) is 0. The molecule has 0 aliphatic carbocycles. The van der Waals surface area contributed by atoms with Crippen LogP contribution in [0.3, 0.4) is 0 Å². The van der Waals surface area contributed by atoms with Crippen LogP contribution < -0.4 is 10.6 Å². The second-order valence-corrected chi connectivity index (χ2v) is 11.4. The van der Waals surface area contributed by atoms with Crippen molar-refractivity contribution in [2.24, 2.45) is 0 Å². The number of rotatable bonds is 14. The van der Waals surface area contributed by atoms with Crippen LogP contribution in [-0.4, -0.2) is 83.0 Å². The van der Waals surface area contributed by atoms with Gasteiger partial charge in [-0.05, 0) is 91.5 Å². The van der Waals surface area contributed by atoms with E-state index in [9.17, 15) is 29.8 Å². The summed E-state index contributed by atoms with van der Waals surface area (Å²) in [6, 6.07) is 5.96. The van der Waals surface area contributed by atoms with Crippen LogP contribution in [0.15, 0.2) is 24.3 Å². The fraction of sp³-hybridized carbons (Fsp3) is 0.562. The number of nitrogens with zero attached hydrogens (tertiary/aromatic N) is 4. The number of likely N-dealkylation sites (N-methyl/N-ethyl adjacent to an activating group) is 2. The van der Waals surface area contributed by atoms with Gasteiger partial charge in [0, 0.05) is 35.6 Å². The molecule has 0 heterocycles. The molecule has 0 bridgehead atoms. The van der Waals surface area contributed by atoms with E-state index in [2.05, 4.69) is 81.4 Å². The van der Waals surface area contributed by atoms with E-state index in [-0.39, 0.29) is 59.6 Å². The van der Waals surface area contributed by atoms with Gasteiger partial charge >= 0.3 is 29.2 Å². The van der Waals surface area contributed by atoms with E-state index in [0.29, 0.717) is 46.7 Å². The van der Waals surface area contributed by atoms with Gasteiger partial charge in [0.15, 0.2) is 13.1 Å². The topological polar surface area (TPSA) is 144 Å². The minimum absolute atomic E-state index is 0. The Balaban J connectivity index is -0.000000771. The molecule has 0 aliphatic rings. The number of halogens is 3. The molecule has 0 fully saturated rings. The zero-order chi connectivity index (χ0) is 35.8. The number of nitro groups is 2. The first-order valence-corrected chi connectivity index (χ1v) is 17.4. The molecular formula is C32H54AgCl2IN6O6+2. The third-order valence-corrected chi connectivity index (χ3v) is 8.97. The number of carbonyl (C=O) groups excluding carboxylic acids is 2. The number of quaternary nitrogens is 2. The van der Waals surface area contributed by atoms with Crippen LogP contribution in [-0.2, 0) is 29.6 Å². The Morgan fingerprint density at radius 2 is 0.833 bits per heavy atom. The second-order valence-electron chi connectivity index (χ2n) is 11.4. The quantitative estimate of drug-likeness (QED) is 0.0652. The molecule has 16 heteroatoms. The molecule has 0 saturated heterocycles. The number of nitro benzene ring substituents is 2. The molecule has 0 spiro atoms. The zero-order valence-corrected chi connectivity index (χ0v) is 35.1. The van der Waals surface area contributed by atoms with E-state index in [0.717, 1.165) is 48.2 Å². The molecular weight excluding hydrogens is 870 g/mol. The van der Waals surface area contributed by atoms with Crippen LogP contribution >= 0.6 is 45.6 Å². The Bertz CT molecular complexity index is 1200. The van der Waals surface area contributed by atoms with E-state index in [4.69, 9.17) is 0 Å². The van der Waals surface area contributed by atoms with Crippen LogP contribution in [0, 0.1) is 47.9 Å². The van der Waals surface area contributed by atoms with Gasteiger partial charge in [-0.3, -0.25) is 29.8 Å². The minimum atomic E-state index is -0.418. The summed E-state index contributed by atoms with van der Waals surface area (Å²) in [4.78, 5) is 45.6. The Morgan fingerprint density at radius 3 is 1.00 bits per heavy atom. The first kappa shape index (κ1) is 50.5. The third-order valence-electron chi connectivity index (χ3n) is 8.97. The normalized spacial score (nSPS) is 10.5. The first-order chi connectivity index (χ1) is 21.6. The van der Waals surface area contributed by atoms with Gasteiger partial charge < -0.3 is 19.6 Å². The molecule has 12 nitrogen and oxygen atoms in total. The number of amides is 2. The number of non-ortho nitro benzene ring substituents is 2. The third kappa shape index (κ3) is 15.0. The number of aryl methyl sites for hydroxylation is 4. The van der Waals surface area contributed by atoms with Crippen molar-refractivity contribution in [3.05, 3.63) is 66.7 Å². The molecule has 48 heavy (non-hydrogen) atoms. The molecule has 278 valence electrons. The van der Waals surface area contributed by atoms with Gasteiger partial charge in [0.1, 0.15) is 0 Å². The van der Waals surface area contributed by atoms with E-state index in [1.54, 1.807) is 27.7 Å². The van der Waals surface area contributed by atoms with Crippen molar-refractivity contribution in [3.63, 3.8) is 0 Å². The summed E-state index contributed by atoms with van der Waals surface area (Å²) in [5, 5.41) is 27.6. The maximum atomic E-state index is 12.4.